The Bertz CT molecular complexity index is 1000. The average Bonchev–Trinajstić information content (AvgIpc) is 3.29. The van der Waals surface area contributed by atoms with E-state index < -0.39 is 23.9 Å². The second kappa shape index (κ2) is 9.57. The predicted molar refractivity (Wildman–Crippen MR) is 106 cm³/mol. The minimum atomic E-state index is -5.08. The maximum absolute atomic E-state index is 12.6. The Kier molecular flexibility index (Phi) is 7.01. The molecule has 2 aromatic heterocycles. The first kappa shape index (κ1) is 24.2. The molecule has 0 bridgehead atoms. The molecule has 13 heteroatoms. The molecule has 2 aliphatic heterocycles. The third-order valence-electron chi connectivity index (χ3n) is 5.38. The number of rotatable bonds is 2. The number of hydrogen-bond acceptors (Lipinski definition) is 6. The van der Waals surface area contributed by atoms with E-state index in [1.165, 1.54) is 0 Å². The van der Waals surface area contributed by atoms with E-state index in [0.29, 0.717) is 38.2 Å². The summed E-state index contributed by atoms with van der Waals surface area (Å²) in [5.41, 5.74) is -0.197. The van der Waals surface area contributed by atoms with Crippen molar-refractivity contribution in [3.8, 4) is 0 Å². The number of amides is 2. The van der Waals surface area contributed by atoms with Crippen LogP contribution in [-0.4, -0.2) is 74.7 Å². The molecule has 10 nitrogen and oxygen atoms in total. The van der Waals surface area contributed by atoms with Crippen molar-refractivity contribution in [1.82, 2.24) is 24.8 Å². The zero-order valence-corrected chi connectivity index (χ0v) is 17.6. The van der Waals surface area contributed by atoms with Crippen LogP contribution in [0.1, 0.15) is 29.2 Å². The molecule has 1 saturated heterocycles. The number of likely N-dealkylation sites (N-methyl/N-ethyl adjacent to an activating group) is 1. The molecule has 2 aliphatic rings. The summed E-state index contributed by atoms with van der Waals surface area (Å²) in [7, 11) is 1.61. The van der Waals surface area contributed by atoms with Crippen molar-refractivity contribution in [3.05, 3.63) is 48.3 Å². The molecule has 1 fully saturated rings. The number of nitrogens with one attached hydrogen (secondary N) is 1. The molecule has 33 heavy (non-hydrogen) atoms. The van der Waals surface area contributed by atoms with E-state index in [1.54, 1.807) is 42.5 Å². The molecule has 0 saturated carbocycles. The summed E-state index contributed by atoms with van der Waals surface area (Å²) >= 11 is 0. The van der Waals surface area contributed by atoms with E-state index in [-0.39, 0.29) is 11.8 Å². The fraction of sp³-hybridized carbons (Fsp3) is 0.450. The number of fused-ring (bicyclic) bond motifs is 2. The van der Waals surface area contributed by atoms with Gasteiger partial charge in [0, 0.05) is 51.6 Å². The molecule has 2 amide bonds. The Morgan fingerprint density at radius 3 is 2.39 bits per heavy atom. The minimum Gasteiger partial charge on any atom is -0.475 e. The largest absolute Gasteiger partial charge is 0.490 e. The number of alkyl halides is 3. The van der Waals surface area contributed by atoms with Crippen LogP contribution >= 0.6 is 0 Å². The highest BCUT2D eigenvalue weighted by Crippen LogP contribution is 2.40. The van der Waals surface area contributed by atoms with Crippen molar-refractivity contribution in [2.24, 2.45) is 0 Å². The average molecular weight is 469 g/mol. The quantitative estimate of drug-likeness (QED) is 0.677. The number of aliphatic carboxylic acids is 1. The second-order valence-electron chi connectivity index (χ2n) is 7.43. The van der Waals surface area contributed by atoms with Crippen LogP contribution in [0.4, 0.5) is 13.2 Å². The number of aromatic nitrogens is 3. The topological polar surface area (TPSA) is 127 Å². The van der Waals surface area contributed by atoms with E-state index in [0.717, 1.165) is 5.82 Å². The third-order valence-corrected chi connectivity index (χ3v) is 5.38. The Labute approximate surface area is 186 Å². The smallest absolute Gasteiger partial charge is 0.475 e. The summed E-state index contributed by atoms with van der Waals surface area (Å²) in [6.07, 6.45) is 0.776. The van der Waals surface area contributed by atoms with E-state index >= 15 is 0 Å². The Hall–Kier alpha value is -3.48. The van der Waals surface area contributed by atoms with E-state index in [2.05, 4.69) is 15.3 Å². The minimum absolute atomic E-state index is 0.0811. The number of carbonyl (C=O) groups is 3. The Balaban J connectivity index is 0.000000383. The van der Waals surface area contributed by atoms with Gasteiger partial charge in [0.05, 0.1) is 6.54 Å². The van der Waals surface area contributed by atoms with Crippen LogP contribution < -0.4 is 5.32 Å². The molecule has 0 radical (unpaired) electrons. The maximum atomic E-state index is 12.6. The van der Waals surface area contributed by atoms with Gasteiger partial charge in [-0.25, -0.2) is 9.78 Å². The molecule has 178 valence electrons. The van der Waals surface area contributed by atoms with Crippen LogP contribution in [0.25, 0.3) is 0 Å². The van der Waals surface area contributed by atoms with Crippen molar-refractivity contribution in [3.63, 3.8) is 0 Å². The fourth-order valence-corrected chi connectivity index (χ4v) is 3.76. The van der Waals surface area contributed by atoms with Crippen molar-refractivity contribution in [2.75, 3.05) is 20.1 Å². The molecule has 0 aromatic carbocycles. The molecular formula is C20H22F3N5O5. The van der Waals surface area contributed by atoms with Crippen LogP contribution in [0, 0.1) is 0 Å². The van der Waals surface area contributed by atoms with Gasteiger partial charge >= 0.3 is 12.1 Å². The number of pyridine rings is 1. The summed E-state index contributed by atoms with van der Waals surface area (Å²) in [4.78, 5) is 44.1. The molecule has 2 aromatic rings. The van der Waals surface area contributed by atoms with Crippen LogP contribution in [0.2, 0.25) is 0 Å². The highest BCUT2D eigenvalue weighted by molar-refractivity contribution is 5.92. The van der Waals surface area contributed by atoms with Gasteiger partial charge in [-0.1, -0.05) is 6.07 Å². The lowest BCUT2D eigenvalue weighted by molar-refractivity contribution is -0.192. The molecule has 0 aliphatic carbocycles. The van der Waals surface area contributed by atoms with Gasteiger partial charge in [-0.05, 0) is 12.1 Å². The van der Waals surface area contributed by atoms with Gasteiger partial charge in [0.1, 0.15) is 17.1 Å². The Morgan fingerprint density at radius 2 is 1.85 bits per heavy atom. The first-order valence-electron chi connectivity index (χ1n) is 9.99. The first-order chi connectivity index (χ1) is 15.6. The monoisotopic (exact) mass is 469 g/mol. The van der Waals surface area contributed by atoms with Crippen molar-refractivity contribution in [2.45, 2.75) is 37.3 Å². The normalized spacial score (nSPS) is 19.2. The predicted octanol–water partition coefficient (Wildman–Crippen LogP) is 1.19. The summed E-state index contributed by atoms with van der Waals surface area (Å²) in [6, 6.07) is 5.31. The number of imidazole rings is 1. The highest BCUT2D eigenvalue weighted by atomic mass is 19.4. The lowest BCUT2D eigenvalue weighted by Gasteiger charge is -2.45. The summed E-state index contributed by atoms with van der Waals surface area (Å²) in [6.45, 7) is 1.51. The van der Waals surface area contributed by atoms with Crippen molar-refractivity contribution >= 4 is 17.8 Å². The van der Waals surface area contributed by atoms with Crippen molar-refractivity contribution < 1.29 is 37.4 Å². The molecule has 4 rings (SSSR count). The number of hydrogen-bond donors (Lipinski definition) is 2. The number of piperidine rings is 1. The van der Waals surface area contributed by atoms with Crippen LogP contribution in [0.15, 0.2) is 36.8 Å². The van der Waals surface area contributed by atoms with E-state index in [1.807, 2.05) is 10.8 Å². The SMILES string of the molecule is CNC(=O)C1Cn2ccnc2C2(CCN(C(=O)c3ccccn3)CC2)O1.O=C(O)C(F)(F)F. The second-order valence-corrected chi connectivity index (χ2v) is 7.43. The van der Waals surface area contributed by atoms with E-state index in [9.17, 15) is 22.8 Å². The van der Waals surface area contributed by atoms with Gasteiger partial charge in [0.2, 0.25) is 0 Å². The standard InChI is InChI=1S/C18H21N5O3.C2HF3O2/c1-19-15(24)14-12-23-11-8-21-17(23)18(26-14)5-9-22(10-6-18)16(25)13-4-2-3-7-20-13;3-2(4,5)1(6)7/h2-4,7-8,11,14H,5-6,9-10,12H2,1H3,(H,19,24);(H,6,7). The first-order valence-corrected chi connectivity index (χ1v) is 9.99. The summed E-state index contributed by atoms with van der Waals surface area (Å²) in [5, 5.41) is 9.78. The highest BCUT2D eigenvalue weighted by Gasteiger charge is 2.47. The van der Waals surface area contributed by atoms with Crippen molar-refractivity contribution in [1.29, 1.82) is 0 Å². The molecular weight excluding hydrogens is 447 g/mol. The van der Waals surface area contributed by atoms with Gasteiger partial charge in [0.25, 0.3) is 11.8 Å². The number of likely N-dealkylation sites (tertiary alicyclic amines) is 1. The lowest BCUT2D eigenvalue weighted by atomic mass is 9.88. The number of carboxylic acid groups (broad SMARTS) is 1. The summed E-state index contributed by atoms with van der Waals surface area (Å²) in [5.74, 6) is -2.15. The molecule has 1 unspecified atom stereocenters. The molecule has 1 atom stereocenters. The summed E-state index contributed by atoms with van der Waals surface area (Å²) < 4.78 is 40.0. The number of carbonyl (C=O) groups excluding carboxylic acids is 2. The number of carboxylic acids is 1. The third kappa shape index (κ3) is 5.30. The van der Waals surface area contributed by atoms with Crippen LogP contribution in [0.3, 0.4) is 0 Å². The van der Waals surface area contributed by atoms with Gasteiger partial charge < -0.3 is 24.6 Å². The van der Waals surface area contributed by atoms with Gasteiger partial charge in [-0.15, -0.1) is 0 Å². The number of halogens is 3. The maximum Gasteiger partial charge on any atom is 0.490 e. The number of ether oxygens (including phenoxy) is 1. The fourth-order valence-electron chi connectivity index (χ4n) is 3.76. The zero-order chi connectivity index (χ0) is 24.2. The van der Waals surface area contributed by atoms with Crippen LogP contribution in [-0.2, 0) is 26.5 Å². The zero-order valence-electron chi connectivity index (χ0n) is 17.6. The van der Waals surface area contributed by atoms with Gasteiger partial charge in [-0.3, -0.25) is 14.6 Å². The molecule has 1 spiro atoms. The van der Waals surface area contributed by atoms with Gasteiger partial charge in [0.15, 0.2) is 6.10 Å². The Morgan fingerprint density at radius 1 is 1.18 bits per heavy atom. The molecule has 4 heterocycles. The number of nitrogens with zero attached hydrogens (tertiary/aromatic N) is 4. The van der Waals surface area contributed by atoms with E-state index in [4.69, 9.17) is 14.6 Å². The lowest BCUT2D eigenvalue weighted by Crippen LogP contribution is -2.54. The molecule has 2 N–H and O–H groups in total. The van der Waals surface area contributed by atoms with Gasteiger partial charge in [-0.2, -0.15) is 13.2 Å². The van der Waals surface area contributed by atoms with Crippen LogP contribution in [0.5, 0.6) is 0 Å².